The third-order valence-corrected chi connectivity index (χ3v) is 4.87. The predicted molar refractivity (Wildman–Crippen MR) is 81.0 cm³/mol. The maximum atomic E-state index is 12.4. The number of carbonyl (C=O) groups is 2. The Balaban J connectivity index is 1.84. The predicted octanol–water partition coefficient (Wildman–Crippen LogP) is 1.96. The van der Waals surface area contributed by atoms with E-state index in [9.17, 15) is 14.7 Å². The van der Waals surface area contributed by atoms with Crippen LogP contribution in [0.4, 0.5) is 0 Å². The van der Waals surface area contributed by atoms with E-state index in [4.69, 9.17) is 0 Å². The average Bonchev–Trinajstić information content (AvgIpc) is 3.29. The van der Waals surface area contributed by atoms with Crippen molar-refractivity contribution in [2.24, 2.45) is 5.92 Å². The third-order valence-electron chi connectivity index (χ3n) is 4.87. The highest BCUT2D eigenvalue weighted by atomic mass is 16.4. The van der Waals surface area contributed by atoms with E-state index in [1.165, 1.54) is 32.1 Å². The Labute approximate surface area is 127 Å². The van der Waals surface area contributed by atoms with E-state index >= 15 is 0 Å². The quantitative estimate of drug-likeness (QED) is 0.780. The fraction of sp³-hybridized carbons (Fsp3) is 0.875. The van der Waals surface area contributed by atoms with E-state index in [2.05, 4.69) is 0 Å². The molecule has 21 heavy (non-hydrogen) atoms. The molecule has 2 fully saturated rings. The number of carbonyl (C=O) groups excluding carboxylic acids is 1. The third kappa shape index (κ3) is 4.70. The number of hydrogen-bond donors (Lipinski definition) is 1. The van der Waals surface area contributed by atoms with Crippen LogP contribution in [0.3, 0.4) is 0 Å². The molecule has 0 aliphatic heterocycles. The first-order valence-electron chi connectivity index (χ1n) is 8.21. The minimum Gasteiger partial charge on any atom is -0.480 e. The molecule has 2 aliphatic rings. The summed E-state index contributed by atoms with van der Waals surface area (Å²) in [6.07, 6.45) is 8.33. The van der Waals surface area contributed by atoms with Crippen molar-refractivity contribution in [1.29, 1.82) is 0 Å². The molecule has 0 aromatic rings. The number of nitrogens with zero attached hydrogens (tertiary/aromatic N) is 2. The number of carboxylic acid groups (broad SMARTS) is 1. The van der Waals surface area contributed by atoms with Gasteiger partial charge in [-0.2, -0.15) is 0 Å². The molecule has 1 amide bonds. The van der Waals surface area contributed by atoms with Crippen LogP contribution in [0.15, 0.2) is 0 Å². The number of amides is 1. The van der Waals surface area contributed by atoms with Gasteiger partial charge in [0.05, 0.1) is 6.54 Å². The minimum atomic E-state index is -0.843. The Hall–Kier alpha value is -1.10. The van der Waals surface area contributed by atoms with Gasteiger partial charge in [0.1, 0.15) is 6.04 Å². The van der Waals surface area contributed by atoms with Gasteiger partial charge in [-0.15, -0.1) is 0 Å². The van der Waals surface area contributed by atoms with E-state index in [1.54, 1.807) is 11.8 Å². The lowest BCUT2D eigenvalue weighted by atomic mass is 9.89. The zero-order valence-electron chi connectivity index (χ0n) is 13.3. The van der Waals surface area contributed by atoms with Gasteiger partial charge >= 0.3 is 5.97 Å². The maximum Gasteiger partial charge on any atom is 0.320 e. The average molecular weight is 296 g/mol. The van der Waals surface area contributed by atoms with Gasteiger partial charge in [-0.25, -0.2) is 0 Å². The lowest BCUT2D eigenvalue weighted by molar-refractivity contribution is -0.144. The standard InChI is InChI=1S/C16H28N2O3/c1-12(16(20)21)18(14-8-9-14)11-15(19)17(2)10-13-6-4-3-5-7-13/h12-14H,3-11H2,1-2H3,(H,20,21). The number of likely N-dealkylation sites (N-methyl/N-ethyl adjacent to an activating group) is 1. The molecule has 0 heterocycles. The van der Waals surface area contributed by atoms with Gasteiger partial charge in [0, 0.05) is 19.6 Å². The molecule has 0 bridgehead atoms. The van der Waals surface area contributed by atoms with Gasteiger partial charge < -0.3 is 10.0 Å². The van der Waals surface area contributed by atoms with Crippen LogP contribution in [0.5, 0.6) is 0 Å². The van der Waals surface area contributed by atoms with Crippen LogP contribution in [-0.2, 0) is 9.59 Å². The van der Waals surface area contributed by atoms with Crippen LogP contribution in [-0.4, -0.2) is 59.0 Å². The van der Waals surface area contributed by atoms with E-state index in [0.717, 1.165) is 19.4 Å². The topological polar surface area (TPSA) is 60.9 Å². The van der Waals surface area contributed by atoms with Crippen LogP contribution in [0.25, 0.3) is 0 Å². The lowest BCUT2D eigenvalue weighted by Gasteiger charge is -2.30. The van der Waals surface area contributed by atoms with Gasteiger partial charge in [-0.05, 0) is 38.5 Å². The highest BCUT2D eigenvalue weighted by Crippen LogP contribution is 2.29. The summed E-state index contributed by atoms with van der Waals surface area (Å²) in [5.74, 6) is -0.163. The van der Waals surface area contributed by atoms with Crippen LogP contribution in [0, 0.1) is 5.92 Å². The number of rotatable bonds is 7. The smallest absolute Gasteiger partial charge is 0.320 e. The fourth-order valence-electron chi connectivity index (χ4n) is 3.27. The van der Waals surface area contributed by atoms with Gasteiger partial charge in [0.25, 0.3) is 0 Å². The van der Waals surface area contributed by atoms with Crippen molar-refractivity contribution in [2.45, 2.75) is 64.0 Å². The van der Waals surface area contributed by atoms with Crippen molar-refractivity contribution >= 4 is 11.9 Å². The van der Waals surface area contributed by atoms with Crippen molar-refractivity contribution < 1.29 is 14.7 Å². The molecule has 5 heteroatoms. The normalized spacial score (nSPS) is 21.3. The van der Waals surface area contributed by atoms with Crippen molar-refractivity contribution in [3.05, 3.63) is 0 Å². The summed E-state index contributed by atoms with van der Waals surface area (Å²) in [6, 6.07) is -0.298. The Bertz CT molecular complexity index is 376. The minimum absolute atomic E-state index is 0.0561. The Morgan fingerprint density at radius 3 is 2.29 bits per heavy atom. The maximum absolute atomic E-state index is 12.4. The zero-order chi connectivity index (χ0) is 15.4. The van der Waals surface area contributed by atoms with Gasteiger partial charge in [0.2, 0.25) is 5.91 Å². The summed E-state index contributed by atoms with van der Waals surface area (Å²) in [5, 5.41) is 9.18. The monoisotopic (exact) mass is 296 g/mol. The van der Waals surface area contributed by atoms with Gasteiger partial charge in [-0.1, -0.05) is 19.3 Å². The zero-order valence-corrected chi connectivity index (χ0v) is 13.3. The first kappa shape index (κ1) is 16.3. The van der Waals surface area contributed by atoms with Crippen LogP contribution < -0.4 is 0 Å². The van der Waals surface area contributed by atoms with Gasteiger partial charge in [-0.3, -0.25) is 14.5 Å². The van der Waals surface area contributed by atoms with Crippen molar-refractivity contribution in [3.63, 3.8) is 0 Å². The Kier molecular flexibility index (Phi) is 5.62. The molecule has 1 unspecified atom stereocenters. The van der Waals surface area contributed by atoms with Crippen LogP contribution in [0.2, 0.25) is 0 Å². The Morgan fingerprint density at radius 1 is 1.14 bits per heavy atom. The summed E-state index contributed by atoms with van der Waals surface area (Å²) in [4.78, 5) is 27.2. The fourth-order valence-corrected chi connectivity index (χ4v) is 3.27. The first-order valence-corrected chi connectivity index (χ1v) is 8.21. The Morgan fingerprint density at radius 2 is 1.76 bits per heavy atom. The SMILES string of the molecule is CC(C(=O)O)N(CC(=O)N(C)CC1CCCCC1)C1CC1. The molecule has 0 radical (unpaired) electrons. The van der Waals surface area contributed by atoms with Crippen LogP contribution in [0.1, 0.15) is 51.9 Å². The highest BCUT2D eigenvalue weighted by molar-refractivity contribution is 5.80. The molecule has 0 saturated heterocycles. The van der Waals surface area contributed by atoms with E-state index in [1.807, 2.05) is 11.9 Å². The number of aliphatic carboxylic acids is 1. The number of carboxylic acids is 1. The summed E-state index contributed by atoms with van der Waals surface area (Å²) in [6.45, 7) is 2.73. The largest absolute Gasteiger partial charge is 0.480 e. The molecular formula is C16H28N2O3. The molecular weight excluding hydrogens is 268 g/mol. The number of hydrogen-bond acceptors (Lipinski definition) is 3. The van der Waals surface area contributed by atoms with Gasteiger partial charge in [0.15, 0.2) is 0 Å². The second-order valence-electron chi connectivity index (χ2n) is 6.70. The highest BCUT2D eigenvalue weighted by Gasteiger charge is 2.36. The van der Waals surface area contributed by atoms with Crippen molar-refractivity contribution in [3.8, 4) is 0 Å². The molecule has 1 N–H and O–H groups in total. The second-order valence-corrected chi connectivity index (χ2v) is 6.70. The van der Waals surface area contributed by atoms with E-state index in [0.29, 0.717) is 5.92 Å². The molecule has 0 aromatic carbocycles. The van der Waals surface area contributed by atoms with E-state index < -0.39 is 12.0 Å². The summed E-state index contributed by atoms with van der Waals surface area (Å²) in [5.41, 5.74) is 0. The molecule has 120 valence electrons. The molecule has 2 rings (SSSR count). The summed E-state index contributed by atoms with van der Waals surface area (Å²) in [7, 11) is 1.85. The molecule has 2 saturated carbocycles. The first-order chi connectivity index (χ1) is 9.99. The summed E-state index contributed by atoms with van der Waals surface area (Å²) >= 11 is 0. The van der Waals surface area contributed by atoms with E-state index in [-0.39, 0.29) is 18.5 Å². The molecule has 0 aromatic heterocycles. The van der Waals surface area contributed by atoms with Crippen molar-refractivity contribution in [1.82, 2.24) is 9.80 Å². The molecule has 5 nitrogen and oxygen atoms in total. The molecule has 0 spiro atoms. The van der Waals surface area contributed by atoms with Crippen LogP contribution >= 0.6 is 0 Å². The van der Waals surface area contributed by atoms with Crippen molar-refractivity contribution in [2.75, 3.05) is 20.1 Å². The summed E-state index contributed by atoms with van der Waals surface area (Å²) < 4.78 is 0. The molecule has 2 aliphatic carbocycles. The lowest BCUT2D eigenvalue weighted by Crippen LogP contribution is -2.47. The second kappa shape index (κ2) is 7.25. The molecule has 1 atom stereocenters.